The molecule has 1 aromatic carbocycles. The van der Waals surface area contributed by atoms with Crippen LogP contribution in [0, 0.1) is 6.92 Å². The van der Waals surface area contributed by atoms with Gasteiger partial charge in [-0.2, -0.15) is 5.10 Å². The molecule has 7 nitrogen and oxygen atoms in total. The Morgan fingerprint density at radius 3 is 3.04 bits per heavy atom. The van der Waals surface area contributed by atoms with Crippen LogP contribution in [-0.2, 0) is 6.54 Å². The summed E-state index contributed by atoms with van der Waals surface area (Å²) < 4.78 is 13.3. The summed E-state index contributed by atoms with van der Waals surface area (Å²) >= 11 is 1.44. The van der Waals surface area contributed by atoms with Gasteiger partial charge in [0.05, 0.1) is 23.4 Å². The number of ether oxygens (including phenoxy) is 2. The van der Waals surface area contributed by atoms with Crippen LogP contribution in [0.25, 0.3) is 0 Å². The lowest BCUT2D eigenvalue weighted by Gasteiger charge is -2.26. The third kappa shape index (κ3) is 3.48. The van der Waals surface area contributed by atoms with E-state index in [9.17, 15) is 4.79 Å². The van der Waals surface area contributed by atoms with Crippen molar-refractivity contribution in [3.8, 4) is 11.5 Å². The maximum Gasteiger partial charge on any atom is 0.275 e. The normalized spacial score (nSPS) is 15.8. The van der Waals surface area contributed by atoms with Crippen molar-refractivity contribution in [2.75, 3.05) is 11.9 Å². The number of para-hydroxylation sites is 2. The van der Waals surface area contributed by atoms with E-state index < -0.39 is 0 Å². The molecule has 3 aromatic rings. The van der Waals surface area contributed by atoms with Crippen molar-refractivity contribution in [3.63, 3.8) is 0 Å². The molecule has 3 heterocycles. The SMILES string of the molecule is Cc1nc(C(=O)Nc2cnn(C[C@@H]3COc4ccccc4O3)c2)cs1. The molecule has 4 rings (SSSR count). The van der Waals surface area contributed by atoms with E-state index in [4.69, 9.17) is 9.47 Å². The van der Waals surface area contributed by atoms with E-state index >= 15 is 0 Å². The fourth-order valence-electron chi connectivity index (χ4n) is 2.55. The van der Waals surface area contributed by atoms with Crippen LogP contribution in [0.4, 0.5) is 5.69 Å². The lowest BCUT2D eigenvalue weighted by molar-refractivity contribution is 0.0759. The van der Waals surface area contributed by atoms with Gasteiger partial charge in [-0.05, 0) is 19.1 Å². The molecule has 8 heteroatoms. The zero-order chi connectivity index (χ0) is 17.2. The minimum atomic E-state index is -0.241. The zero-order valence-electron chi connectivity index (χ0n) is 13.5. The van der Waals surface area contributed by atoms with Crippen molar-refractivity contribution in [1.29, 1.82) is 0 Å². The molecule has 0 bridgehead atoms. The smallest absolute Gasteiger partial charge is 0.275 e. The lowest BCUT2D eigenvalue weighted by atomic mass is 10.2. The number of carbonyl (C=O) groups excluding carboxylic acids is 1. The second kappa shape index (κ2) is 6.56. The van der Waals surface area contributed by atoms with Gasteiger partial charge in [0.25, 0.3) is 5.91 Å². The number of rotatable bonds is 4. The van der Waals surface area contributed by atoms with Gasteiger partial charge in [0.1, 0.15) is 12.3 Å². The highest BCUT2D eigenvalue weighted by atomic mass is 32.1. The van der Waals surface area contributed by atoms with Crippen LogP contribution in [0.1, 0.15) is 15.5 Å². The van der Waals surface area contributed by atoms with E-state index in [1.54, 1.807) is 22.5 Å². The van der Waals surface area contributed by atoms with Gasteiger partial charge in [0, 0.05) is 11.6 Å². The maximum atomic E-state index is 12.1. The standard InChI is InChI=1S/C17H16N4O3S/c1-11-19-14(10-25-11)17(22)20-12-6-18-21(7-12)8-13-9-23-15-4-2-3-5-16(15)24-13/h2-7,10,13H,8-9H2,1H3,(H,20,22)/t13-/m1/s1. The summed E-state index contributed by atoms with van der Waals surface area (Å²) in [6.45, 7) is 2.85. The molecule has 2 aromatic heterocycles. The molecule has 1 amide bonds. The highest BCUT2D eigenvalue weighted by Crippen LogP contribution is 2.31. The Morgan fingerprint density at radius 1 is 1.40 bits per heavy atom. The fraction of sp³-hybridized carbons (Fsp3) is 0.235. The van der Waals surface area contributed by atoms with Crippen LogP contribution in [0.15, 0.2) is 42.0 Å². The topological polar surface area (TPSA) is 78.3 Å². The molecule has 0 saturated carbocycles. The minimum absolute atomic E-state index is 0.139. The van der Waals surface area contributed by atoms with Gasteiger partial charge >= 0.3 is 0 Å². The van der Waals surface area contributed by atoms with Gasteiger partial charge < -0.3 is 14.8 Å². The molecular formula is C17H16N4O3S. The van der Waals surface area contributed by atoms with Crippen molar-refractivity contribution >= 4 is 22.9 Å². The molecule has 0 fully saturated rings. The van der Waals surface area contributed by atoms with Gasteiger partial charge in [-0.1, -0.05) is 12.1 Å². The van der Waals surface area contributed by atoms with Crippen molar-refractivity contribution in [3.05, 3.63) is 52.7 Å². The third-order valence-corrected chi connectivity index (χ3v) is 4.47. The molecule has 128 valence electrons. The first-order valence-corrected chi connectivity index (χ1v) is 8.70. The molecule has 0 unspecified atom stereocenters. The Bertz CT molecular complexity index is 905. The maximum absolute atomic E-state index is 12.1. The van der Waals surface area contributed by atoms with Crippen LogP contribution in [-0.4, -0.2) is 33.4 Å². The quantitative estimate of drug-likeness (QED) is 0.778. The molecule has 1 aliphatic heterocycles. The van der Waals surface area contributed by atoms with Gasteiger partial charge in [0.15, 0.2) is 17.6 Å². The summed E-state index contributed by atoms with van der Waals surface area (Å²) in [5, 5.41) is 9.65. The summed E-state index contributed by atoms with van der Waals surface area (Å²) in [5.41, 5.74) is 1.03. The number of nitrogens with zero attached hydrogens (tertiary/aromatic N) is 3. The molecule has 0 aliphatic carbocycles. The molecule has 0 saturated heterocycles. The molecule has 0 spiro atoms. The summed E-state index contributed by atoms with van der Waals surface area (Å²) in [4.78, 5) is 16.3. The van der Waals surface area contributed by atoms with Crippen LogP contribution in [0.2, 0.25) is 0 Å². The Morgan fingerprint density at radius 2 is 2.24 bits per heavy atom. The Hall–Kier alpha value is -2.87. The first-order valence-electron chi connectivity index (χ1n) is 7.82. The minimum Gasteiger partial charge on any atom is -0.486 e. The van der Waals surface area contributed by atoms with Crippen molar-refractivity contribution < 1.29 is 14.3 Å². The average Bonchev–Trinajstić information content (AvgIpc) is 3.24. The van der Waals surface area contributed by atoms with Crippen LogP contribution in [0.5, 0.6) is 11.5 Å². The van der Waals surface area contributed by atoms with E-state index in [1.807, 2.05) is 31.2 Å². The number of fused-ring (bicyclic) bond motifs is 1. The number of benzene rings is 1. The first-order chi connectivity index (χ1) is 12.2. The third-order valence-electron chi connectivity index (χ3n) is 3.70. The monoisotopic (exact) mass is 356 g/mol. The van der Waals surface area contributed by atoms with Gasteiger partial charge in [-0.15, -0.1) is 11.3 Å². The molecular weight excluding hydrogens is 340 g/mol. The molecule has 25 heavy (non-hydrogen) atoms. The number of nitrogens with one attached hydrogen (secondary N) is 1. The van der Waals surface area contributed by atoms with Crippen molar-refractivity contribution in [2.45, 2.75) is 19.6 Å². The number of thiazole rings is 1. The second-order valence-corrected chi connectivity index (χ2v) is 6.72. The van der Waals surface area contributed by atoms with Crippen LogP contribution in [0.3, 0.4) is 0 Å². The summed E-state index contributed by atoms with van der Waals surface area (Å²) in [6, 6.07) is 7.58. The summed E-state index contributed by atoms with van der Waals surface area (Å²) in [5.74, 6) is 1.25. The van der Waals surface area contributed by atoms with Crippen molar-refractivity contribution in [2.24, 2.45) is 0 Å². The van der Waals surface area contributed by atoms with Crippen LogP contribution < -0.4 is 14.8 Å². The molecule has 1 atom stereocenters. The van der Waals surface area contributed by atoms with E-state index in [-0.39, 0.29) is 12.0 Å². The van der Waals surface area contributed by atoms with E-state index in [2.05, 4.69) is 15.4 Å². The van der Waals surface area contributed by atoms with E-state index in [1.165, 1.54) is 11.3 Å². The summed E-state index contributed by atoms with van der Waals surface area (Å²) in [6.07, 6.45) is 3.23. The van der Waals surface area contributed by atoms with Crippen LogP contribution >= 0.6 is 11.3 Å². The number of aryl methyl sites for hydroxylation is 1. The number of carbonyl (C=O) groups is 1. The number of amides is 1. The van der Waals surface area contributed by atoms with E-state index in [0.29, 0.717) is 24.5 Å². The number of hydrogen-bond donors (Lipinski definition) is 1. The number of anilines is 1. The van der Waals surface area contributed by atoms with E-state index in [0.717, 1.165) is 16.5 Å². The highest BCUT2D eigenvalue weighted by Gasteiger charge is 2.21. The van der Waals surface area contributed by atoms with Gasteiger partial charge in [-0.25, -0.2) is 4.98 Å². The molecule has 1 aliphatic rings. The number of hydrogen-bond acceptors (Lipinski definition) is 6. The predicted octanol–water partition coefficient (Wildman–Crippen LogP) is 2.74. The Balaban J connectivity index is 1.38. The zero-order valence-corrected chi connectivity index (χ0v) is 14.3. The van der Waals surface area contributed by atoms with Gasteiger partial charge in [-0.3, -0.25) is 9.48 Å². The lowest BCUT2D eigenvalue weighted by Crippen LogP contribution is -2.33. The highest BCUT2D eigenvalue weighted by molar-refractivity contribution is 7.09. The Labute approximate surface area is 148 Å². The fourth-order valence-corrected chi connectivity index (χ4v) is 3.15. The van der Waals surface area contributed by atoms with Gasteiger partial charge in [0.2, 0.25) is 0 Å². The largest absolute Gasteiger partial charge is 0.486 e. The average molecular weight is 356 g/mol. The first kappa shape index (κ1) is 15.6. The van der Waals surface area contributed by atoms with Crippen molar-refractivity contribution in [1.82, 2.24) is 14.8 Å². The number of aromatic nitrogens is 3. The molecule has 0 radical (unpaired) electrons. The predicted molar refractivity (Wildman–Crippen MR) is 93.4 cm³/mol. The Kier molecular flexibility index (Phi) is 4.10. The second-order valence-electron chi connectivity index (χ2n) is 5.65. The summed E-state index contributed by atoms with van der Waals surface area (Å²) in [7, 11) is 0. The molecule has 1 N–H and O–H groups in total.